The Balaban J connectivity index is 1.93. The second-order valence-corrected chi connectivity index (χ2v) is 4.94. The molecule has 0 aromatic carbocycles. The van der Waals surface area contributed by atoms with Crippen LogP contribution < -0.4 is 5.32 Å². The highest BCUT2D eigenvalue weighted by molar-refractivity contribution is 5.95. The average molecular weight is 291 g/mol. The lowest BCUT2D eigenvalue weighted by molar-refractivity contribution is -0.149. The van der Waals surface area contributed by atoms with Crippen LogP contribution in [0.3, 0.4) is 0 Å². The third-order valence-corrected chi connectivity index (χ3v) is 3.30. The van der Waals surface area contributed by atoms with Crippen molar-refractivity contribution >= 4 is 17.8 Å². The number of hydrogen-bond acceptors (Lipinski definition) is 4. The van der Waals surface area contributed by atoms with Crippen LogP contribution in [0.1, 0.15) is 30.3 Å². The molecule has 0 saturated heterocycles. The molecule has 1 saturated carbocycles. The number of nitrogens with zero attached hydrogens (tertiary/aromatic N) is 2. The Morgan fingerprint density at radius 1 is 1.43 bits per heavy atom. The quantitative estimate of drug-likeness (QED) is 0.784. The largest absolute Gasteiger partial charge is 0.480 e. The summed E-state index contributed by atoms with van der Waals surface area (Å²) in [7, 11) is 0. The van der Waals surface area contributed by atoms with Gasteiger partial charge in [0.15, 0.2) is 0 Å². The summed E-state index contributed by atoms with van der Waals surface area (Å²) in [5.41, 5.74) is 0.217. The first-order valence-electron chi connectivity index (χ1n) is 6.74. The number of pyridine rings is 1. The molecule has 2 amide bonds. The number of carbonyl (C=O) groups is 3. The van der Waals surface area contributed by atoms with E-state index in [1.165, 1.54) is 18.0 Å². The first-order valence-corrected chi connectivity index (χ1v) is 6.74. The summed E-state index contributed by atoms with van der Waals surface area (Å²) < 4.78 is 0. The molecule has 0 bridgehead atoms. The van der Waals surface area contributed by atoms with Gasteiger partial charge in [-0.25, -0.2) is 4.79 Å². The summed E-state index contributed by atoms with van der Waals surface area (Å²) in [5.74, 6) is -1.90. The number of carboxylic acid groups (broad SMARTS) is 1. The van der Waals surface area contributed by atoms with Crippen molar-refractivity contribution in [3.05, 3.63) is 30.1 Å². The van der Waals surface area contributed by atoms with Crippen molar-refractivity contribution in [2.75, 3.05) is 6.54 Å². The SMILES string of the molecule is CC(C(=O)O)N(C(=O)CNC(=O)c1ccccn1)C1CC1. The van der Waals surface area contributed by atoms with Gasteiger partial charge < -0.3 is 15.3 Å². The van der Waals surface area contributed by atoms with Gasteiger partial charge in [0.2, 0.25) is 5.91 Å². The van der Waals surface area contributed by atoms with Gasteiger partial charge in [-0.15, -0.1) is 0 Å². The Morgan fingerprint density at radius 2 is 2.14 bits per heavy atom. The van der Waals surface area contributed by atoms with Crippen LogP contribution in [-0.2, 0) is 9.59 Å². The van der Waals surface area contributed by atoms with Crippen LogP contribution in [-0.4, -0.2) is 51.4 Å². The molecule has 2 rings (SSSR count). The number of amides is 2. The predicted octanol–water partition coefficient (Wildman–Crippen LogP) is 0.275. The normalized spacial score (nSPS) is 15.1. The smallest absolute Gasteiger partial charge is 0.326 e. The fourth-order valence-corrected chi connectivity index (χ4v) is 2.04. The van der Waals surface area contributed by atoms with Gasteiger partial charge in [0.25, 0.3) is 5.91 Å². The number of rotatable bonds is 6. The van der Waals surface area contributed by atoms with Crippen LogP contribution in [0.4, 0.5) is 0 Å². The van der Waals surface area contributed by atoms with Crippen LogP contribution in [0, 0.1) is 0 Å². The van der Waals surface area contributed by atoms with Crippen molar-refractivity contribution in [2.24, 2.45) is 0 Å². The van der Waals surface area contributed by atoms with E-state index in [2.05, 4.69) is 10.3 Å². The Bertz CT molecular complexity index is 542. The number of nitrogens with one attached hydrogen (secondary N) is 1. The predicted molar refractivity (Wildman–Crippen MR) is 73.5 cm³/mol. The molecule has 1 aliphatic carbocycles. The van der Waals surface area contributed by atoms with Crippen molar-refractivity contribution in [1.82, 2.24) is 15.2 Å². The molecule has 0 aliphatic heterocycles. The van der Waals surface area contributed by atoms with Crippen LogP contribution in [0.15, 0.2) is 24.4 Å². The third-order valence-electron chi connectivity index (χ3n) is 3.30. The molecule has 21 heavy (non-hydrogen) atoms. The molecular formula is C14H17N3O4. The van der Waals surface area contributed by atoms with E-state index in [0.29, 0.717) is 0 Å². The first kappa shape index (κ1) is 15.0. The maximum Gasteiger partial charge on any atom is 0.326 e. The molecular weight excluding hydrogens is 274 g/mol. The molecule has 1 aliphatic rings. The fraction of sp³-hybridized carbons (Fsp3) is 0.429. The van der Waals surface area contributed by atoms with Crippen molar-refractivity contribution in [3.63, 3.8) is 0 Å². The van der Waals surface area contributed by atoms with Crippen molar-refractivity contribution < 1.29 is 19.5 Å². The van der Waals surface area contributed by atoms with E-state index in [4.69, 9.17) is 5.11 Å². The minimum atomic E-state index is -1.05. The maximum atomic E-state index is 12.1. The first-order chi connectivity index (χ1) is 10.0. The van der Waals surface area contributed by atoms with Gasteiger partial charge >= 0.3 is 5.97 Å². The third kappa shape index (κ3) is 3.77. The fourth-order valence-electron chi connectivity index (χ4n) is 2.04. The summed E-state index contributed by atoms with van der Waals surface area (Å²) >= 11 is 0. The van der Waals surface area contributed by atoms with Gasteiger partial charge in [-0.2, -0.15) is 0 Å². The lowest BCUT2D eigenvalue weighted by Crippen LogP contribution is -2.48. The van der Waals surface area contributed by atoms with E-state index in [1.807, 2.05) is 0 Å². The van der Waals surface area contributed by atoms with E-state index in [0.717, 1.165) is 12.8 Å². The maximum absolute atomic E-state index is 12.1. The molecule has 1 aromatic rings. The molecule has 1 fully saturated rings. The summed E-state index contributed by atoms with van der Waals surface area (Å²) in [4.78, 5) is 40.2. The standard InChI is InChI=1S/C14H17N3O4/c1-9(14(20)21)17(10-5-6-10)12(18)8-16-13(19)11-4-2-3-7-15-11/h2-4,7,9-10H,5-6,8H2,1H3,(H,16,19)(H,20,21). The Hall–Kier alpha value is -2.44. The highest BCUT2D eigenvalue weighted by atomic mass is 16.4. The lowest BCUT2D eigenvalue weighted by atomic mass is 10.2. The van der Waals surface area contributed by atoms with Crippen molar-refractivity contribution in [3.8, 4) is 0 Å². The lowest BCUT2D eigenvalue weighted by Gasteiger charge is -2.26. The van der Waals surface area contributed by atoms with Gasteiger partial charge in [-0.3, -0.25) is 14.6 Å². The second-order valence-electron chi connectivity index (χ2n) is 4.94. The van der Waals surface area contributed by atoms with Crippen LogP contribution in [0.2, 0.25) is 0 Å². The second kappa shape index (κ2) is 6.34. The highest BCUT2D eigenvalue weighted by Crippen LogP contribution is 2.28. The zero-order chi connectivity index (χ0) is 15.4. The molecule has 1 unspecified atom stereocenters. The average Bonchev–Trinajstić information content (AvgIpc) is 3.30. The number of aromatic nitrogens is 1. The zero-order valence-corrected chi connectivity index (χ0v) is 11.7. The van der Waals surface area contributed by atoms with E-state index < -0.39 is 23.8 Å². The van der Waals surface area contributed by atoms with Gasteiger partial charge in [-0.05, 0) is 31.9 Å². The Morgan fingerprint density at radius 3 is 2.67 bits per heavy atom. The molecule has 7 heteroatoms. The summed E-state index contributed by atoms with van der Waals surface area (Å²) in [6.07, 6.45) is 3.09. The molecule has 0 spiro atoms. The number of aliphatic carboxylic acids is 1. The molecule has 0 radical (unpaired) electrons. The Labute approximate surface area is 122 Å². The zero-order valence-electron chi connectivity index (χ0n) is 11.7. The van der Waals surface area contributed by atoms with Gasteiger partial charge in [-0.1, -0.05) is 6.07 Å². The van der Waals surface area contributed by atoms with Crippen molar-refractivity contribution in [1.29, 1.82) is 0 Å². The molecule has 1 atom stereocenters. The summed E-state index contributed by atoms with van der Waals surface area (Å²) in [6, 6.07) is 3.98. The van der Waals surface area contributed by atoms with Crippen LogP contribution >= 0.6 is 0 Å². The molecule has 1 aromatic heterocycles. The summed E-state index contributed by atoms with van der Waals surface area (Å²) in [5, 5.41) is 11.5. The number of carboxylic acids is 1. The van der Waals surface area contributed by atoms with Gasteiger partial charge in [0.1, 0.15) is 11.7 Å². The van der Waals surface area contributed by atoms with E-state index >= 15 is 0 Å². The molecule has 112 valence electrons. The topological polar surface area (TPSA) is 99.6 Å². The van der Waals surface area contributed by atoms with Crippen LogP contribution in [0.25, 0.3) is 0 Å². The monoisotopic (exact) mass is 291 g/mol. The van der Waals surface area contributed by atoms with E-state index in [1.54, 1.807) is 18.2 Å². The molecule has 7 nitrogen and oxygen atoms in total. The Kier molecular flexibility index (Phi) is 4.52. The summed E-state index contributed by atoms with van der Waals surface area (Å²) in [6.45, 7) is 1.24. The highest BCUT2D eigenvalue weighted by Gasteiger charge is 2.38. The van der Waals surface area contributed by atoms with Crippen LogP contribution in [0.5, 0.6) is 0 Å². The minimum Gasteiger partial charge on any atom is -0.480 e. The van der Waals surface area contributed by atoms with Gasteiger partial charge in [0, 0.05) is 12.2 Å². The number of hydrogen-bond donors (Lipinski definition) is 2. The molecule has 1 heterocycles. The number of carbonyl (C=O) groups excluding carboxylic acids is 2. The molecule has 2 N–H and O–H groups in total. The minimum absolute atomic E-state index is 0.0321. The van der Waals surface area contributed by atoms with E-state index in [9.17, 15) is 14.4 Å². The van der Waals surface area contributed by atoms with E-state index in [-0.39, 0.29) is 18.3 Å². The van der Waals surface area contributed by atoms with Crippen molar-refractivity contribution in [2.45, 2.75) is 31.8 Å². The van der Waals surface area contributed by atoms with Gasteiger partial charge in [0.05, 0.1) is 6.54 Å².